The van der Waals surface area contributed by atoms with E-state index in [4.69, 9.17) is 4.74 Å². The lowest BCUT2D eigenvalue weighted by atomic mass is 9.81. The average molecular weight is 568 g/mol. The molecule has 2 aromatic carbocycles. The van der Waals surface area contributed by atoms with E-state index in [0.717, 1.165) is 57.7 Å². The van der Waals surface area contributed by atoms with Gasteiger partial charge < -0.3 is 14.4 Å². The number of nitrogens with one attached hydrogen (secondary N) is 1. The lowest BCUT2D eigenvalue weighted by molar-refractivity contribution is -0.144. The zero-order chi connectivity index (χ0) is 27.7. The normalized spacial score (nSPS) is 21.9. The van der Waals surface area contributed by atoms with Crippen molar-refractivity contribution in [1.82, 2.24) is 13.6 Å². The van der Waals surface area contributed by atoms with Gasteiger partial charge in [0.05, 0.1) is 18.2 Å². The molecule has 1 aliphatic heterocycles. The molecule has 1 unspecified atom stereocenters. The highest BCUT2D eigenvalue weighted by atomic mass is 32.2. The first kappa shape index (κ1) is 28.2. The van der Waals surface area contributed by atoms with Crippen molar-refractivity contribution in [2.24, 2.45) is 5.41 Å². The maximum absolute atomic E-state index is 13.0. The summed E-state index contributed by atoms with van der Waals surface area (Å²) in [4.78, 5) is 25.7. The summed E-state index contributed by atoms with van der Waals surface area (Å²) in [7, 11) is 0.354. The molecule has 2 saturated carbocycles. The van der Waals surface area contributed by atoms with Crippen molar-refractivity contribution in [2.75, 3.05) is 21.2 Å². The first-order valence-electron chi connectivity index (χ1n) is 13.4. The van der Waals surface area contributed by atoms with Crippen molar-refractivity contribution in [3.8, 4) is 17.0 Å². The van der Waals surface area contributed by atoms with Crippen LogP contribution in [0.15, 0.2) is 36.4 Å². The monoisotopic (exact) mass is 567 g/mol. The van der Waals surface area contributed by atoms with Crippen LogP contribution in [0, 0.1) is 5.41 Å². The number of amides is 1. The number of hydrogen-bond acceptors (Lipinski definition) is 5. The largest absolute Gasteiger partial charge is 0.497 e. The first-order chi connectivity index (χ1) is 18.6. The van der Waals surface area contributed by atoms with E-state index in [9.17, 15) is 23.1 Å². The summed E-state index contributed by atoms with van der Waals surface area (Å²) in [5.74, 6) is -0.676. The Balaban J connectivity index is 0.00000323. The summed E-state index contributed by atoms with van der Waals surface area (Å²) in [5.41, 5.74) is 4.24. The number of ether oxygens (including phenoxy) is 1. The van der Waals surface area contributed by atoms with Gasteiger partial charge in [-0.1, -0.05) is 32.8 Å². The van der Waals surface area contributed by atoms with Gasteiger partial charge in [0, 0.05) is 48.6 Å². The van der Waals surface area contributed by atoms with Gasteiger partial charge in [0.2, 0.25) is 0 Å². The molecule has 0 spiro atoms. The van der Waals surface area contributed by atoms with E-state index in [1.165, 1.54) is 26.1 Å². The number of benzene rings is 2. The highest BCUT2D eigenvalue weighted by Gasteiger charge is 2.63. The van der Waals surface area contributed by atoms with E-state index in [2.05, 4.69) is 9.29 Å². The summed E-state index contributed by atoms with van der Waals surface area (Å²) in [6.07, 6.45) is 6.10. The Labute approximate surface area is 235 Å². The number of carboxylic acid groups (broad SMARTS) is 1. The van der Waals surface area contributed by atoms with Crippen LogP contribution in [0.5, 0.6) is 5.75 Å². The summed E-state index contributed by atoms with van der Waals surface area (Å²) < 4.78 is 35.3. The van der Waals surface area contributed by atoms with Crippen LogP contribution in [0.3, 0.4) is 0 Å². The van der Waals surface area contributed by atoms with Gasteiger partial charge in [0.15, 0.2) is 0 Å². The van der Waals surface area contributed by atoms with E-state index in [-0.39, 0.29) is 25.5 Å². The SMILES string of the molecule is C.COc1ccc2c(c1)C1C[C@]1(C(=O)O)Cn1c-2c(C2CCCCC2)c2ccc(C(=O)NS(=O)(=O)N(C)C)cc21. The van der Waals surface area contributed by atoms with Crippen LogP contribution in [0.4, 0.5) is 0 Å². The molecule has 0 saturated heterocycles. The molecule has 2 heterocycles. The molecule has 9 nitrogen and oxygen atoms in total. The molecule has 214 valence electrons. The number of aliphatic carboxylic acids is 1. The number of rotatable bonds is 6. The predicted molar refractivity (Wildman–Crippen MR) is 154 cm³/mol. The van der Waals surface area contributed by atoms with Crippen LogP contribution in [0.2, 0.25) is 0 Å². The summed E-state index contributed by atoms with van der Waals surface area (Å²) >= 11 is 0. The van der Waals surface area contributed by atoms with E-state index in [1.807, 2.05) is 24.3 Å². The standard InChI is InChI=1S/C29H33N3O6S.CH4/c1-31(2)39(36,37)30-27(33)18-9-11-21-24(13-18)32-16-29(28(34)35)15-23(29)22-14-19(38-3)10-12-20(22)26(32)25(21)17-7-5-4-6-8-17;/h9-14,17,23H,4-8,15-16H2,1-3H3,(H,30,33)(H,34,35);1H4/t23?,29-;/m0./s1. The van der Waals surface area contributed by atoms with Crippen molar-refractivity contribution >= 4 is 33.0 Å². The quantitative estimate of drug-likeness (QED) is 0.428. The van der Waals surface area contributed by atoms with Crippen LogP contribution < -0.4 is 9.46 Å². The summed E-state index contributed by atoms with van der Waals surface area (Å²) in [5, 5.41) is 11.4. The van der Waals surface area contributed by atoms with Gasteiger partial charge in [0.1, 0.15) is 5.75 Å². The number of nitrogens with zero attached hydrogens (tertiary/aromatic N) is 2. The van der Waals surface area contributed by atoms with Gasteiger partial charge in [-0.25, -0.2) is 4.72 Å². The van der Waals surface area contributed by atoms with Crippen LogP contribution in [-0.2, 0) is 21.5 Å². The predicted octanol–water partition coefficient (Wildman–Crippen LogP) is 5.11. The van der Waals surface area contributed by atoms with Gasteiger partial charge in [-0.05, 0) is 66.6 Å². The van der Waals surface area contributed by atoms with Gasteiger partial charge >= 0.3 is 16.2 Å². The van der Waals surface area contributed by atoms with Crippen molar-refractivity contribution in [1.29, 1.82) is 0 Å². The van der Waals surface area contributed by atoms with Crippen molar-refractivity contribution < 1.29 is 27.9 Å². The number of methoxy groups -OCH3 is 1. The molecule has 0 radical (unpaired) electrons. The molecule has 1 aromatic heterocycles. The second-order valence-corrected chi connectivity index (χ2v) is 13.2. The van der Waals surface area contributed by atoms with Gasteiger partial charge in [-0.15, -0.1) is 0 Å². The maximum atomic E-state index is 13.0. The number of fused-ring (bicyclic) bond motifs is 7. The Morgan fingerprint density at radius 1 is 1.10 bits per heavy atom. The molecule has 40 heavy (non-hydrogen) atoms. The minimum Gasteiger partial charge on any atom is -0.497 e. The third kappa shape index (κ3) is 4.28. The van der Waals surface area contributed by atoms with E-state index >= 15 is 0 Å². The lowest BCUT2D eigenvalue weighted by Crippen LogP contribution is -2.39. The minimum absolute atomic E-state index is 0. The maximum Gasteiger partial charge on any atom is 0.312 e. The molecule has 6 rings (SSSR count). The molecule has 3 aliphatic rings. The molecule has 0 bridgehead atoms. The molecular weight excluding hydrogens is 530 g/mol. The molecule has 10 heteroatoms. The highest BCUT2D eigenvalue weighted by Crippen LogP contribution is 2.65. The molecule has 3 aromatic rings. The van der Waals surface area contributed by atoms with E-state index in [1.54, 1.807) is 19.2 Å². The topological polar surface area (TPSA) is 118 Å². The summed E-state index contributed by atoms with van der Waals surface area (Å²) in [6.45, 7) is 0.281. The van der Waals surface area contributed by atoms with Gasteiger partial charge in [0.25, 0.3) is 5.91 Å². The van der Waals surface area contributed by atoms with Crippen LogP contribution in [0.1, 0.15) is 79.3 Å². The highest BCUT2D eigenvalue weighted by molar-refractivity contribution is 7.87. The number of carboxylic acids is 1. The van der Waals surface area contributed by atoms with Crippen LogP contribution >= 0.6 is 0 Å². The Kier molecular flexibility index (Phi) is 6.99. The second kappa shape index (κ2) is 9.92. The average Bonchev–Trinajstić information content (AvgIpc) is 3.59. The Bertz CT molecular complexity index is 1620. The third-order valence-corrected chi connectivity index (χ3v) is 10.3. The fourth-order valence-corrected chi connectivity index (χ4v) is 7.22. The Morgan fingerprint density at radius 2 is 1.82 bits per heavy atom. The number of aromatic nitrogens is 1. The van der Waals surface area contributed by atoms with Crippen molar-refractivity contribution in [3.05, 3.63) is 53.1 Å². The second-order valence-electron chi connectivity index (χ2n) is 11.3. The minimum atomic E-state index is -3.97. The lowest BCUT2D eigenvalue weighted by Gasteiger charge is -2.24. The fourth-order valence-electron chi connectivity index (χ4n) is 6.69. The Morgan fingerprint density at radius 3 is 2.48 bits per heavy atom. The fraction of sp³-hybridized carbons (Fsp3) is 0.467. The molecule has 1 amide bonds. The van der Waals surface area contributed by atoms with Gasteiger partial charge in [-0.3, -0.25) is 9.59 Å². The van der Waals surface area contributed by atoms with Crippen molar-refractivity contribution in [2.45, 2.75) is 64.3 Å². The first-order valence-corrected chi connectivity index (χ1v) is 14.8. The molecule has 2 fully saturated rings. The van der Waals surface area contributed by atoms with Crippen molar-refractivity contribution in [3.63, 3.8) is 0 Å². The van der Waals surface area contributed by atoms with Gasteiger partial charge in [-0.2, -0.15) is 12.7 Å². The number of hydrogen-bond donors (Lipinski definition) is 2. The molecule has 2 atom stereocenters. The Hall–Kier alpha value is -3.37. The number of carbonyl (C=O) groups excluding carboxylic acids is 1. The zero-order valence-electron chi connectivity index (χ0n) is 22.4. The molecule has 2 aliphatic carbocycles. The van der Waals surface area contributed by atoms with E-state index < -0.39 is 27.5 Å². The van der Waals surface area contributed by atoms with E-state index in [0.29, 0.717) is 18.1 Å². The van der Waals surface area contributed by atoms with Crippen LogP contribution in [0.25, 0.3) is 22.2 Å². The zero-order valence-corrected chi connectivity index (χ0v) is 23.2. The van der Waals surface area contributed by atoms with Crippen LogP contribution in [-0.4, -0.2) is 55.5 Å². The molecule has 2 N–H and O–H groups in total. The smallest absolute Gasteiger partial charge is 0.312 e. The molecular formula is C30H37N3O6S. The number of carbonyl (C=O) groups is 2. The summed E-state index contributed by atoms with van der Waals surface area (Å²) in [6, 6.07) is 11.2. The third-order valence-electron chi connectivity index (χ3n) is 8.91.